The molecule has 2 aliphatic carbocycles. The molecule has 0 unspecified atom stereocenters. The second kappa shape index (κ2) is 14.8. The average Bonchev–Trinajstić information content (AvgIpc) is 3.33. The van der Waals surface area contributed by atoms with Crippen LogP contribution >= 0.6 is 0 Å². The molecule has 201 valence electrons. The molecule has 1 aromatic rings. The first-order valence-corrected chi connectivity index (χ1v) is 13.3. The number of amides is 1. The molecule has 1 amide bonds. The van der Waals surface area contributed by atoms with Crippen molar-refractivity contribution in [2.75, 3.05) is 31.5 Å². The molecule has 3 fully saturated rings. The fourth-order valence-corrected chi connectivity index (χ4v) is 5.64. The van der Waals surface area contributed by atoms with Gasteiger partial charge in [-0.3, -0.25) is 9.69 Å². The van der Waals surface area contributed by atoms with Gasteiger partial charge in [-0.2, -0.15) is 0 Å². The number of carbonyl (C=O) groups is 1. The van der Waals surface area contributed by atoms with E-state index in [0.29, 0.717) is 17.4 Å². The first-order valence-electron chi connectivity index (χ1n) is 13.3. The molecule has 0 spiro atoms. The summed E-state index contributed by atoms with van der Waals surface area (Å²) in [6.45, 7) is 7.78. The lowest BCUT2D eigenvalue weighted by molar-refractivity contribution is -0.0667. The Morgan fingerprint density at radius 1 is 1.08 bits per heavy atom. The second-order valence-electron chi connectivity index (χ2n) is 10.4. The van der Waals surface area contributed by atoms with Crippen LogP contribution in [-0.4, -0.2) is 76.4 Å². The lowest BCUT2D eigenvalue weighted by Crippen LogP contribution is -2.46. The van der Waals surface area contributed by atoms with Crippen molar-refractivity contribution < 1.29 is 14.6 Å². The van der Waals surface area contributed by atoms with E-state index in [1.807, 2.05) is 0 Å². The molecule has 8 heteroatoms. The van der Waals surface area contributed by atoms with Crippen LogP contribution < -0.4 is 10.6 Å². The standard InChI is InChI=1S/C26H42N5O3.2CH2/c1-18-16-31(17-19(2)34-18)14-13-27-26-28-15-23(24(30-26)20-7-3-4-8-20)25(33)29-21-9-5-6-10-22(32)12-11-21;;/h9,15,18-22,32H,3-8,10-14,16-17H2,1-2H3,(H,29,33)(H,27,28,30);2*1H2/t18-,19+,21-,22+;;/m1../s1. The van der Waals surface area contributed by atoms with Gasteiger partial charge in [0.15, 0.2) is 0 Å². The Bertz CT molecular complexity index is 791. The van der Waals surface area contributed by atoms with E-state index in [1.165, 1.54) is 12.8 Å². The summed E-state index contributed by atoms with van der Waals surface area (Å²) >= 11 is 0. The van der Waals surface area contributed by atoms with E-state index in [4.69, 9.17) is 9.72 Å². The van der Waals surface area contributed by atoms with Crippen molar-refractivity contribution in [1.29, 1.82) is 0 Å². The highest BCUT2D eigenvalue weighted by molar-refractivity contribution is 5.95. The van der Waals surface area contributed by atoms with Crippen molar-refractivity contribution in [3.63, 3.8) is 0 Å². The molecule has 1 aromatic heterocycles. The molecule has 0 bridgehead atoms. The van der Waals surface area contributed by atoms with Gasteiger partial charge in [0, 0.05) is 44.3 Å². The Morgan fingerprint density at radius 2 is 1.81 bits per heavy atom. The van der Waals surface area contributed by atoms with E-state index in [0.717, 1.165) is 76.8 Å². The van der Waals surface area contributed by atoms with Crippen molar-refractivity contribution in [3.8, 4) is 0 Å². The zero-order valence-corrected chi connectivity index (χ0v) is 22.3. The van der Waals surface area contributed by atoms with Crippen LogP contribution in [0.15, 0.2) is 6.20 Å². The second-order valence-corrected chi connectivity index (χ2v) is 10.4. The molecule has 3 N–H and O–H groups in total. The Kier molecular flexibility index (Phi) is 12.6. The average molecular weight is 501 g/mol. The summed E-state index contributed by atoms with van der Waals surface area (Å²) in [5, 5.41) is 16.6. The van der Waals surface area contributed by atoms with Crippen molar-refractivity contribution in [3.05, 3.63) is 38.7 Å². The maximum absolute atomic E-state index is 13.3. The van der Waals surface area contributed by atoms with Gasteiger partial charge in [0.1, 0.15) is 0 Å². The third-order valence-electron chi connectivity index (χ3n) is 7.33. The molecule has 2 heterocycles. The number of anilines is 1. The number of ether oxygens (including phenoxy) is 1. The fraction of sp³-hybridized carbons (Fsp3) is 0.714. The Hall–Kier alpha value is -1.77. The number of carbonyl (C=O) groups excluding carboxylic acids is 1. The van der Waals surface area contributed by atoms with Crippen LogP contribution in [0.3, 0.4) is 0 Å². The number of aromatic nitrogens is 2. The maximum atomic E-state index is 13.3. The first-order chi connectivity index (χ1) is 16.5. The van der Waals surface area contributed by atoms with E-state index in [9.17, 15) is 9.90 Å². The minimum atomic E-state index is -0.264. The van der Waals surface area contributed by atoms with Gasteiger partial charge < -0.3 is 20.5 Å². The summed E-state index contributed by atoms with van der Waals surface area (Å²) in [4.78, 5) is 25.0. The fourth-order valence-electron chi connectivity index (χ4n) is 5.64. The lowest BCUT2D eigenvalue weighted by Gasteiger charge is -2.35. The third-order valence-corrected chi connectivity index (χ3v) is 7.33. The summed E-state index contributed by atoms with van der Waals surface area (Å²) in [5.74, 6) is 0.822. The van der Waals surface area contributed by atoms with E-state index in [1.54, 1.807) is 6.20 Å². The zero-order valence-electron chi connectivity index (χ0n) is 22.3. The van der Waals surface area contributed by atoms with Crippen LogP contribution in [-0.2, 0) is 4.74 Å². The van der Waals surface area contributed by atoms with Crippen LogP contribution in [0.4, 0.5) is 5.95 Å². The highest BCUT2D eigenvalue weighted by Gasteiger charge is 2.27. The van der Waals surface area contributed by atoms with Crippen LogP contribution in [0.25, 0.3) is 0 Å². The number of aliphatic hydroxyl groups is 1. The summed E-state index contributed by atoms with van der Waals surface area (Å²) in [6.07, 6.45) is 12.8. The topological polar surface area (TPSA) is 99.6 Å². The van der Waals surface area contributed by atoms with Gasteiger partial charge in [-0.05, 0) is 58.8 Å². The molecular weight excluding hydrogens is 454 g/mol. The van der Waals surface area contributed by atoms with Crippen LogP contribution in [0.2, 0.25) is 0 Å². The lowest BCUT2D eigenvalue weighted by atomic mass is 9.94. The summed E-state index contributed by atoms with van der Waals surface area (Å²) in [5.41, 5.74) is 1.48. The van der Waals surface area contributed by atoms with Crippen LogP contribution in [0.5, 0.6) is 0 Å². The van der Waals surface area contributed by atoms with E-state index < -0.39 is 0 Å². The number of rotatable bonds is 7. The van der Waals surface area contributed by atoms with Gasteiger partial charge in [-0.15, -0.1) is 0 Å². The van der Waals surface area contributed by atoms with Crippen molar-refractivity contribution in [2.24, 2.45) is 0 Å². The van der Waals surface area contributed by atoms with E-state index >= 15 is 0 Å². The largest absolute Gasteiger partial charge is 0.393 e. The molecule has 3 aliphatic rings. The maximum Gasteiger partial charge on any atom is 0.254 e. The number of nitrogens with one attached hydrogen (secondary N) is 2. The van der Waals surface area contributed by atoms with Gasteiger partial charge >= 0.3 is 0 Å². The smallest absolute Gasteiger partial charge is 0.254 e. The minimum absolute atomic E-state index is 0. The summed E-state index contributed by atoms with van der Waals surface area (Å²) in [7, 11) is 0. The van der Waals surface area contributed by atoms with Crippen molar-refractivity contribution >= 4 is 11.9 Å². The molecule has 36 heavy (non-hydrogen) atoms. The minimum Gasteiger partial charge on any atom is -0.393 e. The van der Waals surface area contributed by atoms with Gasteiger partial charge in [0.25, 0.3) is 5.91 Å². The van der Waals surface area contributed by atoms with Gasteiger partial charge in [-0.1, -0.05) is 34.1 Å². The summed E-state index contributed by atoms with van der Waals surface area (Å²) in [6, 6.07) is -0.0185. The molecule has 4 rings (SSSR count). The van der Waals surface area contributed by atoms with Crippen molar-refractivity contribution in [2.45, 2.75) is 102 Å². The highest BCUT2D eigenvalue weighted by Crippen LogP contribution is 2.35. The first kappa shape index (κ1) is 30.5. The SMILES string of the molecule is C[C@@H]1CN(CCNc2ncc(C(=O)N[C@@H]3[CH]CCC[C@H](O)CC3)c(C3CCCC3)n2)C[C@H](C)O1.[CH2].[CH2]. The van der Waals surface area contributed by atoms with E-state index in [2.05, 4.69) is 40.8 Å². The predicted octanol–water partition coefficient (Wildman–Crippen LogP) is 3.94. The number of morpholine rings is 1. The normalized spacial score (nSPS) is 27.8. The number of hydrogen-bond acceptors (Lipinski definition) is 7. The van der Waals surface area contributed by atoms with Crippen molar-refractivity contribution in [1.82, 2.24) is 20.2 Å². The number of nitrogens with zero attached hydrogens (tertiary/aromatic N) is 3. The Morgan fingerprint density at radius 3 is 2.53 bits per heavy atom. The molecule has 0 aromatic carbocycles. The van der Waals surface area contributed by atoms with Gasteiger partial charge in [-0.25, -0.2) is 9.97 Å². The number of aliphatic hydroxyl groups excluding tert-OH is 1. The highest BCUT2D eigenvalue weighted by atomic mass is 16.5. The van der Waals surface area contributed by atoms with Crippen LogP contribution in [0.1, 0.15) is 93.6 Å². The van der Waals surface area contributed by atoms with Crippen LogP contribution in [0, 0.1) is 21.3 Å². The summed E-state index contributed by atoms with van der Waals surface area (Å²) < 4.78 is 5.82. The third kappa shape index (κ3) is 8.67. The molecular formula is C28H46N5O3. The Balaban J connectivity index is 0.00000228. The molecule has 1 saturated heterocycles. The molecule has 1 aliphatic heterocycles. The van der Waals surface area contributed by atoms with Gasteiger partial charge in [0.05, 0.1) is 29.6 Å². The molecule has 2 saturated carbocycles. The Labute approximate surface area is 219 Å². The monoisotopic (exact) mass is 500 g/mol. The molecule has 8 nitrogen and oxygen atoms in total. The number of hydrogen-bond donors (Lipinski definition) is 3. The van der Waals surface area contributed by atoms with E-state index in [-0.39, 0.29) is 45.1 Å². The molecule has 4 atom stereocenters. The van der Waals surface area contributed by atoms with Gasteiger partial charge in [0.2, 0.25) is 5.95 Å². The predicted molar refractivity (Wildman–Crippen MR) is 144 cm³/mol. The zero-order chi connectivity index (χ0) is 23.9. The molecule has 5 radical (unpaired) electrons. The quantitative estimate of drug-likeness (QED) is 0.521.